The summed E-state index contributed by atoms with van der Waals surface area (Å²) in [6.45, 7) is 1.54. The van der Waals surface area contributed by atoms with Crippen molar-refractivity contribution in [1.82, 2.24) is 4.90 Å². The van der Waals surface area contributed by atoms with Crippen LogP contribution in [0, 0.1) is 5.92 Å². The van der Waals surface area contributed by atoms with Crippen LogP contribution in [0.2, 0.25) is 0 Å². The van der Waals surface area contributed by atoms with Gasteiger partial charge in [-0.2, -0.15) is 0 Å². The SMILES string of the molecule is O=C(CCCc1cccs1)N1CCC(C(O)c2ccccc2)CC1. The lowest BCUT2D eigenvalue weighted by molar-refractivity contribution is -0.133. The molecule has 24 heavy (non-hydrogen) atoms. The summed E-state index contributed by atoms with van der Waals surface area (Å²) in [5.74, 6) is 0.516. The van der Waals surface area contributed by atoms with Gasteiger partial charge in [0.25, 0.3) is 0 Å². The summed E-state index contributed by atoms with van der Waals surface area (Å²) >= 11 is 1.76. The molecule has 1 aliphatic heterocycles. The molecule has 1 N–H and O–H groups in total. The van der Waals surface area contributed by atoms with Crippen LogP contribution in [0.3, 0.4) is 0 Å². The second-order valence-corrected chi connectivity index (χ2v) is 7.54. The van der Waals surface area contributed by atoms with Crippen molar-refractivity contribution in [3.63, 3.8) is 0 Å². The van der Waals surface area contributed by atoms with Gasteiger partial charge in [-0.25, -0.2) is 0 Å². The van der Waals surface area contributed by atoms with E-state index >= 15 is 0 Å². The number of aryl methyl sites for hydroxylation is 1. The average Bonchev–Trinajstić information content (AvgIpc) is 3.15. The Morgan fingerprint density at radius 3 is 2.58 bits per heavy atom. The number of piperidine rings is 1. The number of benzene rings is 1. The van der Waals surface area contributed by atoms with E-state index in [1.807, 2.05) is 35.2 Å². The minimum atomic E-state index is -0.415. The lowest BCUT2D eigenvalue weighted by atomic mass is 9.87. The number of rotatable bonds is 6. The minimum Gasteiger partial charge on any atom is -0.388 e. The molecule has 1 amide bonds. The molecule has 1 aromatic heterocycles. The molecule has 3 nitrogen and oxygen atoms in total. The summed E-state index contributed by atoms with van der Waals surface area (Å²) in [5.41, 5.74) is 0.984. The summed E-state index contributed by atoms with van der Waals surface area (Å²) in [6, 6.07) is 14.0. The molecule has 128 valence electrons. The van der Waals surface area contributed by atoms with Crippen molar-refractivity contribution in [1.29, 1.82) is 0 Å². The van der Waals surface area contributed by atoms with E-state index in [1.54, 1.807) is 11.3 Å². The highest BCUT2D eigenvalue weighted by Gasteiger charge is 2.27. The van der Waals surface area contributed by atoms with Crippen molar-refractivity contribution in [2.24, 2.45) is 5.92 Å². The Morgan fingerprint density at radius 1 is 1.17 bits per heavy atom. The van der Waals surface area contributed by atoms with Crippen molar-refractivity contribution in [2.75, 3.05) is 13.1 Å². The topological polar surface area (TPSA) is 40.5 Å². The normalized spacial score (nSPS) is 17.0. The molecule has 1 atom stereocenters. The largest absolute Gasteiger partial charge is 0.388 e. The maximum Gasteiger partial charge on any atom is 0.222 e. The van der Waals surface area contributed by atoms with Crippen LogP contribution in [0.5, 0.6) is 0 Å². The number of hydrogen-bond donors (Lipinski definition) is 1. The monoisotopic (exact) mass is 343 g/mol. The van der Waals surface area contributed by atoms with Gasteiger partial charge in [0.1, 0.15) is 0 Å². The Balaban J connectivity index is 1.42. The third-order valence-corrected chi connectivity index (χ3v) is 5.81. The number of likely N-dealkylation sites (tertiary alicyclic amines) is 1. The van der Waals surface area contributed by atoms with Crippen molar-refractivity contribution < 1.29 is 9.90 Å². The van der Waals surface area contributed by atoms with Crippen molar-refractivity contribution in [3.05, 3.63) is 58.3 Å². The molecule has 3 rings (SSSR count). The summed E-state index contributed by atoms with van der Waals surface area (Å²) in [6.07, 6.45) is 3.89. The number of hydrogen-bond acceptors (Lipinski definition) is 3. The minimum absolute atomic E-state index is 0.252. The molecular weight excluding hydrogens is 318 g/mol. The van der Waals surface area contributed by atoms with Crippen LogP contribution < -0.4 is 0 Å². The fourth-order valence-electron chi connectivity index (χ4n) is 3.41. The highest BCUT2D eigenvalue weighted by Crippen LogP contribution is 2.30. The number of thiophene rings is 1. The van der Waals surface area contributed by atoms with Crippen molar-refractivity contribution >= 4 is 17.2 Å². The molecule has 1 aromatic carbocycles. The predicted octanol–water partition coefficient (Wildman–Crippen LogP) is 4.04. The maximum absolute atomic E-state index is 12.3. The summed E-state index contributed by atoms with van der Waals surface area (Å²) in [7, 11) is 0. The van der Waals surface area contributed by atoms with Crippen LogP contribution >= 0.6 is 11.3 Å². The molecule has 1 saturated heterocycles. The van der Waals surface area contributed by atoms with Crippen molar-refractivity contribution in [2.45, 2.75) is 38.2 Å². The molecular formula is C20H25NO2S. The van der Waals surface area contributed by atoms with E-state index in [0.717, 1.165) is 44.3 Å². The lowest BCUT2D eigenvalue weighted by Crippen LogP contribution is -2.39. The van der Waals surface area contributed by atoms with Crippen LogP contribution in [0.15, 0.2) is 47.8 Å². The molecule has 2 aromatic rings. The second kappa shape index (κ2) is 8.45. The Kier molecular flexibility index (Phi) is 6.05. The summed E-state index contributed by atoms with van der Waals surface area (Å²) in [4.78, 5) is 15.7. The number of aliphatic hydroxyl groups is 1. The maximum atomic E-state index is 12.3. The van der Waals surface area contributed by atoms with Crippen LogP contribution in [-0.2, 0) is 11.2 Å². The summed E-state index contributed by atoms with van der Waals surface area (Å²) in [5, 5.41) is 12.6. The smallest absolute Gasteiger partial charge is 0.222 e. The molecule has 1 aliphatic rings. The van der Waals surface area contributed by atoms with E-state index < -0.39 is 6.10 Å². The first kappa shape index (κ1) is 17.2. The third kappa shape index (κ3) is 4.46. The molecule has 2 heterocycles. The van der Waals surface area contributed by atoms with E-state index in [1.165, 1.54) is 4.88 Å². The number of carbonyl (C=O) groups excluding carboxylic acids is 1. The number of aliphatic hydroxyl groups excluding tert-OH is 1. The summed E-state index contributed by atoms with van der Waals surface area (Å²) < 4.78 is 0. The van der Waals surface area contributed by atoms with Gasteiger partial charge < -0.3 is 10.0 Å². The van der Waals surface area contributed by atoms with Gasteiger partial charge >= 0.3 is 0 Å². The molecule has 1 fully saturated rings. The first-order chi connectivity index (χ1) is 11.7. The molecule has 0 radical (unpaired) electrons. The van der Waals surface area contributed by atoms with Crippen LogP contribution in [-0.4, -0.2) is 29.0 Å². The van der Waals surface area contributed by atoms with Gasteiger partial charge in [0.2, 0.25) is 5.91 Å². The zero-order valence-electron chi connectivity index (χ0n) is 13.9. The first-order valence-electron chi connectivity index (χ1n) is 8.77. The highest BCUT2D eigenvalue weighted by molar-refractivity contribution is 7.09. The van der Waals surface area contributed by atoms with Crippen LogP contribution in [0.25, 0.3) is 0 Å². The van der Waals surface area contributed by atoms with Gasteiger partial charge in [-0.1, -0.05) is 36.4 Å². The Hall–Kier alpha value is -1.65. The molecule has 4 heteroatoms. The Morgan fingerprint density at radius 2 is 1.92 bits per heavy atom. The molecule has 0 spiro atoms. The van der Waals surface area contributed by atoms with Gasteiger partial charge in [-0.05, 0) is 48.6 Å². The van der Waals surface area contributed by atoms with E-state index in [9.17, 15) is 9.90 Å². The quantitative estimate of drug-likeness (QED) is 0.860. The van der Waals surface area contributed by atoms with Gasteiger partial charge in [-0.15, -0.1) is 11.3 Å². The van der Waals surface area contributed by atoms with Crippen molar-refractivity contribution in [3.8, 4) is 0 Å². The van der Waals surface area contributed by atoms with Crippen LogP contribution in [0.4, 0.5) is 0 Å². The standard InChI is InChI=1S/C20H25NO2S/c22-19(10-4-8-18-9-5-15-24-18)21-13-11-17(12-14-21)20(23)16-6-2-1-3-7-16/h1-3,5-7,9,15,17,20,23H,4,8,10-14H2. The third-order valence-electron chi connectivity index (χ3n) is 4.87. The van der Waals surface area contributed by atoms with Crippen LogP contribution in [0.1, 0.15) is 42.2 Å². The van der Waals surface area contributed by atoms with Gasteiger partial charge in [-0.3, -0.25) is 4.79 Å². The second-order valence-electron chi connectivity index (χ2n) is 6.51. The van der Waals surface area contributed by atoms with E-state index in [0.29, 0.717) is 6.42 Å². The van der Waals surface area contributed by atoms with Gasteiger partial charge in [0.05, 0.1) is 6.10 Å². The molecule has 1 unspecified atom stereocenters. The van der Waals surface area contributed by atoms with Gasteiger partial charge in [0, 0.05) is 24.4 Å². The molecule has 0 aliphatic carbocycles. The Labute approximate surface area is 147 Å². The zero-order valence-corrected chi connectivity index (χ0v) is 14.8. The molecule has 0 bridgehead atoms. The Bertz CT molecular complexity index is 618. The number of carbonyl (C=O) groups is 1. The van der Waals surface area contributed by atoms with E-state index in [-0.39, 0.29) is 11.8 Å². The number of nitrogens with zero attached hydrogens (tertiary/aromatic N) is 1. The fourth-order valence-corrected chi connectivity index (χ4v) is 4.17. The fraction of sp³-hybridized carbons (Fsp3) is 0.450. The highest BCUT2D eigenvalue weighted by atomic mass is 32.1. The average molecular weight is 343 g/mol. The zero-order chi connectivity index (χ0) is 16.8. The van der Waals surface area contributed by atoms with Gasteiger partial charge in [0.15, 0.2) is 0 Å². The predicted molar refractivity (Wildman–Crippen MR) is 98.0 cm³/mol. The first-order valence-corrected chi connectivity index (χ1v) is 9.65. The lowest BCUT2D eigenvalue weighted by Gasteiger charge is -2.34. The van der Waals surface area contributed by atoms with E-state index in [4.69, 9.17) is 0 Å². The van der Waals surface area contributed by atoms with E-state index in [2.05, 4.69) is 17.5 Å². The number of amides is 1. The molecule has 0 saturated carbocycles.